The number of benzene rings is 4. The van der Waals surface area contributed by atoms with Crippen LogP contribution in [0.15, 0.2) is 97.1 Å². The van der Waals surface area contributed by atoms with E-state index in [0.717, 1.165) is 34.0 Å². The Morgan fingerprint density at radius 3 is 2.25 bits per heavy atom. The van der Waals surface area contributed by atoms with E-state index in [2.05, 4.69) is 10.6 Å². The van der Waals surface area contributed by atoms with E-state index in [1.165, 1.54) is 12.1 Å². The molecule has 2 N–H and O–H groups in total. The SMILES string of the molecule is C[C@H](NC(=O)NCC[C@@H](Oc1ccc(C(F)(F)F)cc1)c1ccccc1)c1cccc2ccccc12. The summed E-state index contributed by atoms with van der Waals surface area (Å²) in [5.74, 6) is 0.325. The Labute approximate surface area is 208 Å². The van der Waals surface area contributed by atoms with Gasteiger partial charge in [0.2, 0.25) is 0 Å². The third-order valence-corrected chi connectivity index (χ3v) is 5.96. The number of alkyl halides is 3. The third-order valence-electron chi connectivity index (χ3n) is 5.96. The average molecular weight is 493 g/mol. The number of fused-ring (bicyclic) bond motifs is 1. The van der Waals surface area contributed by atoms with Crippen molar-refractivity contribution in [3.63, 3.8) is 0 Å². The van der Waals surface area contributed by atoms with Gasteiger partial charge < -0.3 is 15.4 Å². The molecule has 4 aromatic carbocycles. The van der Waals surface area contributed by atoms with Gasteiger partial charge in [0.1, 0.15) is 11.9 Å². The van der Waals surface area contributed by atoms with E-state index < -0.39 is 17.8 Å². The standard InChI is InChI=1S/C29H27F3N2O2/c1-20(25-13-7-11-21-8-5-6-12-26(21)25)34-28(35)33-19-18-27(22-9-3-2-4-10-22)36-24-16-14-23(15-17-24)29(30,31)32/h2-17,20,27H,18-19H2,1H3,(H2,33,34,35)/t20-,27+/m0/s1. The molecular formula is C29H27F3N2O2. The summed E-state index contributed by atoms with van der Waals surface area (Å²) >= 11 is 0. The van der Waals surface area contributed by atoms with Gasteiger partial charge in [-0.1, -0.05) is 72.8 Å². The molecular weight excluding hydrogens is 465 g/mol. The highest BCUT2D eigenvalue weighted by Gasteiger charge is 2.30. The third kappa shape index (κ3) is 6.36. The zero-order chi connectivity index (χ0) is 25.5. The highest BCUT2D eigenvalue weighted by molar-refractivity contribution is 5.86. The molecule has 4 rings (SSSR count). The molecule has 186 valence electrons. The van der Waals surface area contributed by atoms with Gasteiger partial charge in [-0.05, 0) is 53.1 Å². The molecule has 0 aliphatic heterocycles. The first-order valence-corrected chi connectivity index (χ1v) is 11.7. The van der Waals surface area contributed by atoms with Crippen molar-refractivity contribution in [2.75, 3.05) is 6.54 Å². The van der Waals surface area contributed by atoms with Gasteiger partial charge in [-0.2, -0.15) is 13.2 Å². The Hall–Kier alpha value is -4.00. The smallest absolute Gasteiger partial charge is 0.416 e. The molecule has 0 saturated heterocycles. The molecule has 0 heterocycles. The van der Waals surface area contributed by atoms with Crippen LogP contribution in [0.1, 0.15) is 42.2 Å². The normalized spacial score (nSPS) is 13.1. The Balaban J connectivity index is 1.37. The molecule has 4 nitrogen and oxygen atoms in total. The van der Waals surface area contributed by atoms with Crippen molar-refractivity contribution in [2.45, 2.75) is 31.7 Å². The summed E-state index contributed by atoms with van der Waals surface area (Å²) in [5, 5.41) is 8.03. The number of hydrogen-bond donors (Lipinski definition) is 2. The zero-order valence-electron chi connectivity index (χ0n) is 19.8. The molecule has 36 heavy (non-hydrogen) atoms. The van der Waals surface area contributed by atoms with E-state index >= 15 is 0 Å². The maximum atomic E-state index is 12.9. The van der Waals surface area contributed by atoms with E-state index in [-0.39, 0.29) is 12.1 Å². The van der Waals surface area contributed by atoms with Crippen molar-refractivity contribution >= 4 is 16.8 Å². The van der Waals surface area contributed by atoms with Crippen LogP contribution in [-0.4, -0.2) is 12.6 Å². The minimum atomic E-state index is -4.40. The highest BCUT2D eigenvalue weighted by atomic mass is 19.4. The fourth-order valence-corrected chi connectivity index (χ4v) is 4.12. The second-order valence-corrected chi connectivity index (χ2v) is 8.52. The second kappa shape index (κ2) is 11.2. The van der Waals surface area contributed by atoms with Crippen molar-refractivity contribution in [1.29, 1.82) is 0 Å². The van der Waals surface area contributed by atoms with Crippen LogP contribution in [-0.2, 0) is 6.18 Å². The van der Waals surface area contributed by atoms with Crippen LogP contribution in [0.2, 0.25) is 0 Å². The lowest BCUT2D eigenvalue weighted by Crippen LogP contribution is -2.38. The molecule has 0 unspecified atom stereocenters. The van der Waals surface area contributed by atoms with Crippen molar-refractivity contribution in [1.82, 2.24) is 10.6 Å². The minimum Gasteiger partial charge on any atom is -0.486 e. The van der Waals surface area contributed by atoms with E-state index in [9.17, 15) is 18.0 Å². The van der Waals surface area contributed by atoms with Crippen LogP contribution in [0.4, 0.5) is 18.0 Å². The van der Waals surface area contributed by atoms with Gasteiger partial charge in [0, 0.05) is 13.0 Å². The van der Waals surface area contributed by atoms with Gasteiger partial charge in [-0.25, -0.2) is 4.79 Å². The largest absolute Gasteiger partial charge is 0.486 e. The summed E-state index contributed by atoms with van der Waals surface area (Å²) in [7, 11) is 0. The number of carbonyl (C=O) groups excluding carboxylic acids is 1. The van der Waals surface area contributed by atoms with Crippen LogP contribution in [0.3, 0.4) is 0 Å². The van der Waals surface area contributed by atoms with Crippen molar-refractivity contribution in [3.05, 3.63) is 114 Å². The minimum absolute atomic E-state index is 0.204. The number of amides is 2. The molecule has 0 spiro atoms. The summed E-state index contributed by atoms with van der Waals surface area (Å²) in [6.45, 7) is 2.25. The fourth-order valence-electron chi connectivity index (χ4n) is 4.12. The summed E-state index contributed by atoms with van der Waals surface area (Å²) in [5.41, 5.74) is 1.16. The summed E-state index contributed by atoms with van der Waals surface area (Å²) in [6.07, 6.45) is -4.42. The summed E-state index contributed by atoms with van der Waals surface area (Å²) in [6, 6.07) is 27.5. The number of carbonyl (C=O) groups is 1. The van der Waals surface area contributed by atoms with Crippen LogP contribution >= 0.6 is 0 Å². The Morgan fingerprint density at radius 2 is 1.53 bits per heavy atom. The molecule has 0 saturated carbocycles. The lowest BCUT2D eigenvalue weighted by Gasteiger charge is -2.21. The van der Waals surface area contributed by atoms with E-state index in [4.69, 9.17) is 4.74 Å². The number of rotatable bonds is 8. The van der Waals surface area contributed by atoms with Gasteiger partial charge in [0.25, 0.3) is 0 Å². The number of urea groups is 1. The summed E-state index contributed by atoms with van der Waals surface area (Å²) < 4.78 is 44.6. The number of hydrogen-bond acceptors (Lipinski definition) is 2. The lowest BCUT2D eigenvalue weighted by molar-refractivity contribution is -0.137. The zero-order valence-corrected chi connectivity index (χ0v) is 19.8. The van der Waals surface area contributed by atoms with Crippen molar-refractivity contribution in [2.24, 2.45) is 0 Å². The van der Waals surface area contributed by atoms with Crippen molar-refractivity contribution < 1.29 is 22.7 Å². The van der Waals surface area contributed by atoms with Crippen molar-refractivity contribution in [3.8, 4) is 5.75 Å². The van der Waals surface area contributed by atoms with E-state index in [0.29, 0.717) is 18.7 Å². The molecule has 2 atom stereocenters. The van der Waals surface area contributed by atoms with Gasteiger partial charge >= 0.3 is 12.2 Å². The van der Waals surface area contributed by atoms with Crippen LogP contribution < -0.4 is 15.4 Å². The molecule has 2 amide bonds. The summed E-state index contributed by atoms with van der Waals surface area (Å²) in [4.78, 5) is 12.6. The lowest BCUT2D eigenvalue weighted by atomic mass is 10.00. The van der Waals surface area contributed by atoms with E-state index in [1.807, 2.05) is 79.7 Å². The monoisotopic (exact) mass is 492 g/mol. The van der Waals surface area contributed by atoms with Crippen LogP contribution in [0.25, 0.3) is 10.8 Å². The van der Waals surface area contributed by atoms with Gasteiger partial charge in [-0.3, -0.25) is 0 Å². The second-order valence-electron chi connectivity index (χ2n) is 8.52. The van der Waals surface area contributed by atoms with Crippen LogP contribution in [0, 0.1) is 0 Å². The molecule has 0 aromatic heterocycles. The maximum Gasteiger partial charge on any atom is 0.416 e. The average Bonchev–Trinajstić information content (AvgIpc) is 2.88. The first-order valence-electron chi connectivity index (χ1n) is 11.7. The Morgan fingerprint density at radius 1 is 0.861 bits per heavy atom. The highest BCUT2D eigenvalue weighted by Crippen LogP contribution is 2.32. The Bertz CT molecular complexity index is 1290. The Kier molecular flexibility index (Phi) is 7.78. The molecule has 0 aliphatic carbocycles. The first-order chi connectivity index (χ1) is 17.3. The molecule has 7 heteroatoms. The molecule has 0 fully saturated rings. The van der Waals surface area contributed by atoms with Gasteiger partial charge in [0.15, 0.2) is 0 Å². The predicted octanol–water partition coefficient (Wildman–Crippen LogP) is 7.43. The fraction of sp³-hybridized carbons (Fsp3) is 0.207. The first kappa shape index (κ1) is 25.1. The van der Waals surface area contributed by atoms with E-state index in [1.54, 1.807) is 0 Å². The van der Waals surface area contributed by atoms with Gasteiger partial charge in [-0.15, -0.1) is 0 Å². The predicted molar refractivity (Wildman–Crippen MR) is 135 cm³/mol. The molecule has 0 radical (unpaired) electrons. The number of ether oxygens (including phenoxy) is 1. The maximum absolute atomic E-state index is 12.9. The quantitative estimate of drug-likeness (QED) is 0.269. The van der Waals surface area contributed by atoms with Gasteiger partial charge in [0.05, 0.1) is 11.6 Å². The van der Waals surface area contributed by atoms with Crippen LogP contribution in [0.5, 0.6) is 5.75 Å². The molecule has 4 aromatic rings. The topological polar surface area (TPSA) is 50.4 Å². The number of halogens is 3. The number of nitrogens with one attached hydrogen (secondary N) is 2. The molecule has 0 aliphatic rings. The molecule has 0 bridgehead atoms.